The minimum Gasteiger partial charge on any atom is -0.351 e. The van der Waals surface area contributed by atoms with E-state index in [-0.39, 0.29) is 11.8 Å². The zero-order chi connectivity index (χ0) is 18.6. The second kappa shape index (κ2) is 7.92. The van der Waals surface area contributed by atoms with Crippen LogP contribution in [0, 0.1) is 0 Å². The summed E-state index contributed by atoms with van der Waals surface area (Å²) in [7, 11) is 0. The lowest BCUT2D eigenvalue weighted by Gasteiger charge is -2.40. The SMILES string of the molecule is CC(=O)N1CCC(C(=O)NCc2cccc(Cl)c2)(c2ccccc2)CC1. The molecule has 26 heavy (non-hydrogen) atoms. The van der Waals surface area contributed by atoms with Crippen LogP contribution in [0.15, 0.2) is 54.6 Å². The van der Waals surface area contributed by atoms with Crippen LogP contribution in [0.1, 0.15) is 30.9 Å². The molecule has 0 radical (unpaired) electrons. The lowest BCUT2D eigenvalue weighted by Crippen LogP contribution is -2.52. The molecule has 0 bridgehead atoms. The van der Waals surface area contributed by atoms with Crippen LogP contribution in [0.5, 0.6) is 0 Å². The Hall–Kier alpha value is -2.33. The van der Waals surface area contributed by atoms with Crippen molar-refractivity contribution < 1.29 is 9.59 Å². The molecule has 136 valence electrons. The Morgan fingerprint density at radius 2 is 1.77 bits per heavy atom. The molecule has 1 N–H and O–H groups in total. The summed E-state index contributed by atoms with van der Waals surface area (Å²) in [5, 5.41) is 3.73. The molecule has 5 heteroatoms. The number of amides is 2. The number of nitrogens with one attached hydrogen (secondary N) is 1. The Labute approximate surface area is 159 Å². The molecule has 3 rings (SSSR count). The first kappa shape index (κ1) is 18.5. The number of carbonyl (C=O) groups is 2. The van der Waals surface area contributed by atoms with E-state index in [9.17, 15) is 9.59 Å². The lowest BCUT2D eigenvalue weighted by atomic mass is 9.72. The van der Waals surface area contributed by atoms with Crippen molar-refractivity contribution in [1.82, 2.24) is 10.2 Å². The quantitative estimate of drug-likeness (QED) is 0.894. The summed E-state index contributed by atoms with van der Waals surface area (Å²) in [5.74, 6) is 0.0675. The average molecular weight is 371 g/mol. The van der Waals surface area contributed by atoms with Crippen molar-refractivity contribution in [3.8, 4) is 0 Å². The summed E-state index contributed by atoms with van der Waals surface area (Å²) in [5.41, 5.74) is 1.37. The Bertz CT molecular complexity index is 784. The van der Waals surface area contributed by atoms with Gasteiger partial charge in [-0.3, -0.25) is 9.59 Å². The fourth-order valence-electron chi connectivity index (χ4n) is 3.61. The fraction of sp³-hybridized carbons (Fsp3) is 0.333. The van der Waals surface area contributed by atoms with E-state index in [0.717, 1.165) is 11.1 Å². The number of likely N-dealkylation sites (tertiary alicyclic amines) is 1. The van der Waals surface area contributed by atoms with E-state index in [2.05, 4.69) is 5.32 Å². The van der Waals surface area contributed by atoms with Crippen LogP contribution < -0.4 is 5.32 Å². The molecule has 0 aromatic heterocycles. The highest BCUT2D eigenvalue weighted by atomic mass is 35.5. The van der Waals surface area contributed by atoms with Gasteiger partial charge in [0.05, 0.1) is 5.41 Å². The van der Waals surface area contributed by atoms with Gasteiger partial charge in [-0.2, -0.15) is 0 Å². The molecule has 2 amide bonds. The molecule has 1 heterocycles. The van der Waals surface area contributed by atoms with Crippen LogP contribution in [0.4, 0.5) is 0 Å². The first-order chi connectivity index (χ1) is 12.5. The molecule has 2 aromatic carbocycles. The number of piperidine rings is 1. The number of nitrogens with zero attached hydrogens (tertiary/aromatic N) is 1. The van der Waals surface area contributed by atoms with Gasteiger partial charge in [0.25, 0.3) is 0 Å². The van der Waals surface area contributed by atoms with Gasteiger partial charge >= 0.3 is 0 Å². The highest BCUT2D eigenvalue weighted by Crippen LogP contribution is 2.36. The highest BCUT2D eigenvalue weighted by Gasteiger charge is 2.43. The van der Waals surface area contributed by atoms with Gasteiger partial charge in [0.2, 0.25) is 11.8 Å². The summed E-state index contributed by atoms with van der Waals surface area (Å²) in [6.07, 6.45) is 1.25. The Kier molecular flexibility index (Phi) is 5.62. The lowest BCUT2D eigenvalue weighted by molar-refractivity contribution is -0.135. The van der Waals surface area contributed by atoms with Crippen molar-refractivity contribution in [2.24, 2.45) is 0 Å². The summed E-state index contributed by atoms with van der Waals surface area (Å²) < 4.78 is 0. The second-order valence-electron chi connectivity index (χ2n) is 6.77. The van der Waals surface area contributed by atoms with Crippen molar-refractivity contribution in [3.05, 3.63) is 70.7 Å². The largest absolute Gasteiger partial charge is 0.351 e. The van der Waals surface area contributed by atoms with Gasteiger partial charge in [-0.15, -0.1) is 0 Å². The van der Waals surface area contributed by atoms with Crippen LogP contribution in [0.25, 0.3) is 0 Å². The number of hydrogen-bond donors (Lipinski definition) is 1. The average Bonchev–Trinajstić information content (AvgIpc) is 2.67. The molecular formula is C21H23ClN2O2. The number of carbonyl (C=O) groups excluding carboxylic acids is 2. The van der Waals surface area contributed by atoms with Gasteiger partial charge in [-0.25, -0.2) is 0 Å². The fourth-order valence-corrected chi connectivity index (χ4v) is 3.82. The number of halogens is 1. The third kappa shape index (κ3) is 3.91. The van der Waals surface area contributed by atoms with Crippen LogP contribution >= 0.6 is 11.6 Å². The van der Waals surface area contributed by atoms with Gasteiger partial charge in [-0.05, 0) is 36.1 Å². The van der Waals surface area contributed by atoms with Crippen molar-refractivity contribution >= 4 is 23.4 Å². The maximum absolute atomic E-state index is 13.2. The van der Waals surface area contributed by atoms with E-state index < -0.39 is 5.41 Å². The Balaban J connectivity index is 1.80. The number of hydrogen-bond acceptors (Lipinski definition) is 2. The van der Waals surface area contributed by atoms with Gasteiger partial charge in [0.1, 0.15) is 0 Å². The van der Waals surface area contributed by atoms with Crippen molar-refractivity contribution in [1.29, 1.82) is 0 Å². The monoisotopic (exact) mass is 370 g/mol. The van der Waals surface area contributed by atoms with E-state index in [4.69, 9.17) is 11.6 Å². The zero-order valence-corrected chi connectivity index (χ0v) is 15.6. The zero-order valence-electron chi connectivity index (χ0n) is 14.9. The van der Waals surface area contributed by atoms with Crippen LogP contribution in [-0.4, -0.2) is 29.8 Å². The summed E-state index contributed by atoms with van der Waals surface area (Å²) >= 11 is 6.03. The summed E-state index contributed by atoms with van der Waals surface area (Å²) in [6.45, 7) is 3.20. The predicted molar refractivity (Wildman–Crippen MR) is 103 cm³/mol. The van der Waals surface area contributed by atoms with E-state index in [0.29, 0.717) is 37.5 Å². The number of rotatable bonds is 4. The van der Waals surface area contributed by atoms with E-state index in [1.54, 1.807) is 6.92 Å². The van der Waals surface area contributed by atoms with Crippen LogP contribution in [0.2, 0.25) is 5.02 Å². The molecule has 0 aliphatic carbocycles. The smallest absolute Gasteiger partial charge is 0.231 e. The maximum atomic E-state index is 13.2. The van der Waals surface area contributed by atoms with E-state index >= 15 is 0 Å². The molecule has 0 unspecified atom stereocenters. The summed E-state index contributed by atoms with van der Waals surface area (Å²) in [4.78, 5) is 26.7. The molecule has 2 aromatic rings. The van der Waals surface area contributed by atoms with Crippen LogP contribution in [-0.2, 0) is 21.5 Å². The van der Waals surface area contributed by atoms with E-state index in [1.807, 2.05) is 59.5 Å². The van der Waals surface area contributed by atoms with Crippen molar-refractivity contribution in [3.63, 3.8) is 0 Å². The Morgan fingerprint density at radius 3 is 2.38 bits per heavy atom. The molecule has 1 aliphatic rings. The molecule has 1 aliphatic heterocycles. The predicted octanol–water partition coefficient (Wildman–Crippen LogP) is 3.54. The molecule has 0 atom stereocenters. The van der Waals surface area contributed by atoms with Gasteiger partial charge < -0.3 is 10.2 Å². The third-order valence-electron chi connectivity index (χ3n) is 5.17. The molecule has 0 spiro atoms. The topological polar surface area (TPSA) is 49.4 Å². The molecule has 1 saturated heterocycles. The van der Waals surface area contributed by atoms with Gasteiger partial charge in [0.15, 0.2) is 0 Å². The highest BCUT2D eigenvalue weighted by molar-refractivity contribution is 6.30. The normalized spacial score (nSPS) is 16.2. The molecule has 4 nitrogen and oxygen atoms in total. The standard InChI is InChI=1S/C21H23ClN2O2/c1-16(25)24-12-10-21(11-13-24,18-7-3-2-4-8-18)20(26)23-15-17-6-5-9-19(22)14-17/h2-9,14H,10-13,15H2,1H3,(H,23,26). The first-order valence-corrected chi connectivity index (χ1v) is 9.23. The van der Waals surface area contributed by atoms with Gasteiger partial charge in [0, 0.05) is 31.6 Å². The third-order valence-corrected chi connectivity index (χ3v) is 5.40. The van der Waals surface area contributed by atoms with Crippen LogP contribution in [0.3, 0.4) is 0 Å². The summed E-state index contributed by atoms with van der Waals surface area (Å²) in [6, 6.07) is 17.4. The second-order valence-corrected chi connectivity index (χ2v) is 7.20. The number of benzene rings is 2. The minimum absolute atomic E-state index is 0.00637. The first-order valence-electron chi connectivity index (χ1n) is 8.85. The molecular weight excluding hydrogens is 348 g/mol. The molecule has 1 fully saturated rings. The maximum Gasteiger partial charge on any atom is 0.231 e. The van der Waals surface area contributed by atoms with E-state index in [1.165, 1.54) is 0 Å². The van der Waals surface area contributed by atoms with Crippen molar-refractivity contribution in [2.75, 3.05) is 13.1 Å². The Morgan fingerprint density at radius 1 is 1.08 bits per heavy atom. The van der Waals surface area contributed by atoms with Gasteiger partial charge in [-0.1, -0.05) is 54.1 Å². The molecule has 0 saturated carbocycles. The minimum atomic E-state index is -0.605. The van der Waals surface area contributed by atoms with Crippen molar-refractivity contribution in [2.45, 2.75) is 31.7 Å².